The molecule has 1 aromatic heterocycles. The average Bonchev–Trinajstić information content (AvgIpc) is 3.29. The number of benzene rings is 2. The van der Waals surface area contributed by atoms with E-state index in [0.717, 1.165) is 11.5 Å². The van der Waals surface area contributed by atoms with E-state index in [0.29, 0.717) is 50.6 Å². The zero-order valence-corrected chi connectivity index (χ0v) is 17.0. The first-order valence-electron chi connectivity index (χ1n) is 9.86. The second kappa shape index (κ2) is 7.69. The molecule has 0 atom stereocenters. The molecule has 0 unspecified atom stereocenters. The third kappa shape index (κ3) is 3.41. The minimum atomic E-state index is -3.61. The molecule has 0 bridgehead atoms. The Bertz CT molecular complexity index is 1140. The molecule has 0 saturated carbocycles. The number of fused-ring (bicyclic) bond motifs is 1. The van der Waals surface area contributed by atoms with Crippen molar-refractivity contribution in [3.05, 3.63) is 54.4 Å². The fraction of sp³-hybridized carbons (Fsp3) is 0.350. The topological polar surface area (TPSA) is 99.4 Å². The van der Waals surface area contributed by atoms with Gasteiger partial charge in [0.25, 0.3) is 0 Å². The van der Waals surface area contributed by atoms with Crippen molar-refractivity contribution in [2.24, 2.45) is 0 Å². The van der Waals surface area contributed by atoms with Crippen molar-refractivity contribution in [2.75, 3.05) is 26.3 Å². The fourth-order valence-electron chi connectivity index (χ4n) is 3.89. The number of sulfonamides is 1. The Morgan fingerprint density at radius 1 is 0.933 bits per heavy atom. The molecule has 3 heterocycles. The van der Waals surface area contributed by atoms with Gasteiger partial charge in [0.15, 0.2) is 17.3 Å². The largest absolute Gasteiger partial charge is 0.486 e. The summed E-state index contributed by atoms with van der Waals surface area (Å²) in [6.07, 6.45) is 1.30. The normalized spacial score (nSPS) is 17.7. The summed E-state index contributed by atoms with van der Waals surface area (Å²) in [4.78, 5) is 0.222. The van der Waals surface area contributed by atoms with Gasteiger partial charge in [-0.3, -0.25) is 0 Å². The van der Waals surface area contributed by atoms with E-state index in [4.69, 9.17) is 9.47 Å². The zero-order chi connectivity index (χ0) is 20.6. The first-order chi connectivity index (χ1) is 14.6. The van der Waals surface area contributed by atoms with Crippen LogP contribution in [0, 0.1) is 0 Å². The molecule has 0 N–H and O–H groups in total. The van der Waals surface area contributed by atoms with Crippen molar-refractivity contribution in [1.29, 1.82) is 0 Å². The number of para-hydroxylation sites is 1. The predicted molar refractivity (Wildman–Crippen MR) is 107 cm³/mol. The molecule has 3 aromatic rings. The van der Waals surface area contributed by atoms with E-state index in [2.05, 4.69) is 15.5 Å². The molecular formula is C20H21N5O4S. The molecule has 2 aliphatic heterocycles. The van der Waals surface area contributed by atoms with Gasteiger partial charge in [-0.05, 0) is 47.5 Å². The lowest BCUT2D eigenvalue weighted by atomic mass is 9.97. The number of rotatable bonds is 4. The van der Waals surface area contributed by atoms with Gasteiger partial charge in [0, 0.05) is 25.1 Å². The first kappa shape index (κ1) is 19.0. The van der Waals surface area contributed by atoms with Gasteiger partial charge < -0.3 is 9.47 Å². The highest BCUT2D eigenvalue weighted by molar-refractivity contribution is 7.89. The van der Waals surface area contributed by atoms with Crippen molar-refractivity contribution >= 4 is 10.0 Å². The van der Waals surface area contributed by atoms with Gasteiger partial charge in [-0.1, -0.05) is 18.2 Å². The highest BCUT2D eigenvalue weighted by atomic mass is 32.2. The van der Waals surface area contributed by atoms with Crippen LogP contribution in [0.1, 0.15) is 24.6 Å². The molecule has 30 heavy (non-hydrogen) atoms. The monoisotopic (exact) mass is 427 g/mol. The van der Waals surface area contributed by atoms with Crippen molar-refractivity contribution in [3.8, 4) is 17.2 Å². The van der Waals surface area contributed by atoms with Crippen LogP contribution in [0.5, 0.6) is 11.5 Å². The van der Waals surface area contributed by atoms with Gasteiger partial charge in [-0.2, -0.15) is 8.99 Å². The highest BCUT2D eigenvalue weighted by Gasteiger charge is 2.33. The molecule has 2 aliphatic rings. The number of hydrogen-bond donors (Lipinski definition) is 0. The summed E-state index contributed by atoms with van der Waals surface area (Å²) < 4.78 is 40.5. The molecule has 1 fully saturated rings. The lowest BCUT2D eigenvalue weighted by Crippen LogP contribution is -2.38. The van der Waals surface area contributed by atoms with Crippen molar-refractivity contribution in [2.45, 2.75) is 23.7 Å². The van der Waals surface area contributed by atoms with Crippen LogP contribution in [-0.4, -0.2) is 59.2 Å². The third-order valence-corrected chi connectivity index (χ3v) is 7.36. The average molecular weight is 427 g/mol. The summed E-state index contributed by atoms with van der Waals surface area (Å²) in [5.74, 6) is 1.90. The quantitative estimate of drug-likeness (QED) is 0.628. The lowest BCUT2D eigenvalue weighted by Gasteiger charge is -2.30. The van der Waals surface area contributed by atoms with Crippen LogP contribution in [0.15, 0.2) is 53.4 Å². The number of nitrogens with zero attached hydrogens (tertiary/aromatic N) is 5. The Morgan fingerprint density at radius 3 is 2.43 bits per heavy atom. The molecule has 1 saturated heterocycles. The van der Waals surface area contributed by atoms with Crippen LogP contribution >= 0.6 is 0 Å². The van der Waals surface area contributed by atoms with Gasteiger partial charge in [-0.15, -0.1) is 5.10 Å². The molecule has 9 nitrogen and oxygen atoms in total. The van der Waals surface area contributed by atoms with Gasteiger partial charge in [-0.25, -0.2) is 8.42 Å². The molecule has 5 rings (SSSR count). The Hall–Kier alpha value is -2.98. The van der Waals surface area contributed by atoms with Crippen LogP contribution in [0.3, 0.4) is 0 Å². The first-order valence-corrected chi connectivity index (χ1v) is 11.3. The molecule has 2 aromatic carbocycles. The maximum Gasteiger partial charge on any atom is 0.243 e. The van der Waals surface area contributed by atoms with E-state index in [1.807, 2.05) is 30.3 Å². The van der Waals surface area contributed by atoms with Gasteiger partial charge in [0.1, 0.15) is 13.2 Å². The van der Waals surface area contributed by atoms with Crippen molar-refractivity contribution in [3.63, 3.8) is 0 Å². The van der Waals surface area contributed by atoms with Crippen LogP contribution in [0.25, 0.3) is 5.69 Å². The Morgan fingerprint density at radius 2 is 1.67 bits per heavy atom. The number of aromatic nitrogens is 4. The Balaban J connectivity index is 1.32. The van der Waals surface area contributed by atoms with Crippen LogP contribution in [-0.2, 0) is 10.0 Å². The van der Waals surface area contributed by atoms with Gasteiger partial charge >= 0.3 is 0 Å². The molecular weight excluding hydrogens is 406 g/mol. The SMILES string of the molecule is O=S(=O)(c1ccc2c(c1)OCCO2)N1CCC(c2nnnn2-c2ccccc2)CC1. The van der Waals surface area contributed by atoms with E-state index >= 15 is 0 Å². The minimum Gasteiger partial charge on any atom is -0.486 e. The van der Waals surface area contributed by atoms with Crippen LogP contribution < -0.4 is 9.47 Å². The smallest absolute Gasteiger partial charge is 0.243 e. The summed E-state index contributed by atoms with van der Waals surface area (Å²) in [5.41, 5.74) is 0.892. The second-order valence-corrected chi connectivity index (χ2v) is 9.21. The van der Waals surface area contributed by atoms with Crippen molar-refractivity contribution in [1.82, 2.24) is 24.5 Å². The Kier molecular flexibility index (Phi) is 4.87. The fourth-order valence-corrected chi connectivity index (χ4v) is 5.37. The predicted octanol–water partition coefficient (Wildman–Crippen LogP) is 2.00. The van der Waals surface area contributed by atoms with Crippen molar-refractivity contribution < 1.29 is 17.9 Å². The van der Waals surface area contributed by atoms with Crippen LogP contribution in [0.2, 0.25) is 0 Å². The number of piperidine rings is 1. The maximum atomic E-state index is 13.1. The third-order valence-electron chi connectivity index (χ3n) is 5.46. The summed E-state index contributed by atoms with van der Waals surface area (Å²) in [6.45, 7) is 1.69. The second-order valence-electron chi connectivity index (χ2n) is 7.27. The van der Waals surface area contributed by atoms with Crippen LogP contribution in [0.4, 0.5) is 0 Å². The molecule has 0 spiro atoms. The maximum absolute atomic E-state index is 13.1. The summed E-state index contributed by atoms with van der Waals surface area (Å²) in [7, 11) is -3.61. The molecule has 0 radical (unpaired) electrons. The summed E-state index contributed by atoms with van der Waals surface area (Å²) in [5, 5.41) is 12.2. The highest BCUT2D eigenvalue weighted by Crippen LogP contribution is 2.35. The molecule has 10 heteroatoms. The molecule has 0 amide bonds. The zero-order valence-electron chi connectivity index (χ0n) is 16.2. The van der Waals surface area contributed by atoms with E-state index < -0.39 is 10.0 Å². The Labute approximate surface area is 174 Å². The number of ether oxygens (including phenoxy) is 2. The standard InChI is InChI=1S/C20H21N5O4S/c26-30(27,17-6-7-18-19(14-17)29-13-12-28-18)24-10-8-15(9-11-24)20-21-22-23-25(20)16-4-2-1-3-5-16/h1-7,14-15H,8-13H2. The van der Waals surface area contributed by atoms with Gasteiger partial charge in [0.2, 0.25) is 10.0 Å². The van der Waals surface area contributed by atoms with E-state index in [-0.39, 0.29) is 10.8 Å². The van der Waals surface area contributed by atoms with E-state index in [1.54, 1.807) is 22.9 Å². The summed E-state index contributed by atoms with van der Waals surface area (Å²) >= 11 is 0. The number of hydrogen-bond acceptors (Lipinski definition) is 7. The minimum absolute atomic E-state index is 0.0897. The number of tetrazole rings is 1. The lowest BCUT2D eigenvalue weighted by molar-refractivity contribution is 0.171. The van der Waals surface area contributed by atoms with Gasteiger partial charge in [0.05, 0.1) is 10.6 Å². The molecule has 156 valence electrons. The molecule has 0 aliphatic carbocycles. The van der Waals surface area contributed by atoms with E-state index in [1.165, 1.54) is 4.31 Å². The summed E-state index contributed by atoms with van der Waals surface area (Å²) in [6, 6.07) is 14.5. The van der Waals surface area contributed by atoms with E-state index in [9.17, 15) is 8.42 Å².